The fraction of sp³-hybridized carbons (Fsp3) is 0.286. The molecule has 2 rings (SSSR count). The van der Waals surface area contributed by atoms with Crippen molar-refractivity contribution in [3.63, 3.8) is 0 Å². The molecule has 0 aliphatic carbocycles. The highest BCUT2D eigenvalue weighted by Crippen LogP contribution is 2.35. The van der Waals surface area contributed by atoms with Gasteiger partial charge >= 0.3 is 0 Å². The standard InChI is InChI=1S/C14H16ClNO3S/c1-4-19-12-7-5-6-11-14(12)13(20(15,17)18)9-16(11)8-10(2)3/h5-7,9H,2,4,8H2,1,3H3. The number of ether oxygens (including phenoxy) is 1. The molecule has 1 aromatic heterocycles. The lowest BCUT2D eigenvalue weighted by Crippen LogP contribution is -1.96. The summed E-state index contributed by atoms with van der Waals surface area (Å²) < 4.78 is 30.9. The number of aromatic nitrogens is 1. The second kappa shape index (κ2) is 5.50. The first kappa shape index (κ1) is 14.9. The highest BCUT2D eigenvalue weighted by molar-refractivity contribution is 8.14. The van der Waals surface area contributed by atoms with Crippen LogP contribution in [0, 0.1) is 0 Å². The lowest BCUT2D eigenvalue weighted by atomic mass is 10.2. The molecule has 0 N–H and O–H groups in total. The molecule has 1 aromatic carbocycles. The smallest absolute Gasteiger partial charge is 0.263 e. The Labute approximate surface area is 123 Å². The molecular weight excluding hydrogens is 298 g/mol. The predicted octanol–water partition coefficient (Wildman–Crippen LogP) is 3.54. The summed E-state index contributed by atoms with van der Waals surface area (Å²) in [7, 11) is 1.70. The first-order valence-corrected chi connectivity index (χ1v) is 8.49. The van der Waals surface area contributed by atoms with Gasteiger partial charge < -0.3 is 9.30 Å². The Kier molecular flexibility index (Phi) is 4.11. The minimum absolute atomic E-state index is 0.0690. The van der Waals surface area contributed by atoms with Gasteiger partial charge in [-0.15, -0.1) is 0 Å². The van der Waals surface area contributed by atoms with Crippen molar-refractivity contribution in [2.75, 3.05) is 6.61 Å². The van der Waals surface area contributed by atoms with E-state index in [9.17, 15) is 8.42 Å². The van der Waals surface area contributed by atoms with Crippen molar-refractivity contribution in [2.45, 2.75) is 25.3 Å². The Morgan fingerprint density at radius 3 is 2.70 bits per heavy atom. The van der Waals surface area contributed by atoms with Crippen LogP contribution in [0.15, 0.2) is 41.4 Å². The minimum atomic E-state index is -3.84. The molecule has 0 bridgehead atoms. The van der Waals surface area contributed by atoms with E-state index in [4.69, 9.17) is 15.4 Å². The van der Waals surface area contributed by atoms with E-state index in [0.29, 0.717) is 24.3 Å². The SMILES string of the molecule is C=C(C)Cn1cc(S(=O)(=O)Cl)c2c(OCC)cccc21. The summed E-state index contributed by atoms with van der Waals surface area (Å²) in [5.74, 6) is 0.518. The molecule has 1 heterocycles. The van der Waals surface area contributed by atoms with E-state index in [1.165, 1.54) is 6.20 Å². The number of benzene rings is 1. The zero-order valence-corrected chi connectivity index (χ0v) is 13.0. The molecule has 6 heteroatoms. The maximum absolute atomic E-state index is 11.8. The molecule has 20 heavy (non-hydrogen) atoms. The maximum Gasteiger partial charge on any atom is 0.263 e. The van der Waals surface area contributed by atoms with Gasteiger partial charge in [0.2, 0.25) is 0 Å². The van der Waals surface area contributed by atoms with E-state index < -0.39 is 9.05 Å². The normalized spacial score (nSPS) is 11.8. The van der Waals surface area contributed by atoms with E-state index in [1.54, 1.807) is 6.07 Å². The van der Waals surface area contributed by atoms with Crippen molar-refractivity contribution in [1.82, 2.24) is 4.57 Å². The number of hydrogen-bond acceptors (Lipinski definition) is 3. The van der Waals surface area contributed by atoms with Crippen LogP contribution >= 0.6 is 10.7 Å². The Bertz CT molecular complexity index is 762. The van der Waals surface area contributed by atoms with Crippen LogP contribution in [0.2, 0.25) is 0 Å². The van der Waals surface area contributed by atoms with E-state index in [-0.39, 0.29) is 4.90 Å². The van der Waals surface area contributed by atoms with Gasteiger partial charge in [-0.05, 0) is 26.0 Å². The van der Waals surface area contributed by atoms with Crippen LogP contribution < -0.4 is 4.74 Å². The van der Waals surface area contributed by atoms with E-state index in [0.717, 1.165) is 11.1 Å². The highest BCUT2D eigenvalue weighted by atomic mass is 35.7. The number of hydrogen-bond donors (Lipinski definition) is 0. The Morgan fingerprint density at radius 1 is 1.45 bits per heavy atom. The predicted molar refractivity (Wildman–Crippen MR) is 81.0 cm³/mol. The van der Waals surface area contributed by atoms with Crippen LogP contribution in [0.5, 0.6) is 5.75 Å². The Balaban J connectivity index is 2.80. The first-order chi connectivity index (χ1) is 9.34. The van der Waals surface area contributed by atoms with E-state index >= 15 is 0 Å². The lowest BCUT2D eigenvalue weighted by molar-refractivity contribution is 0.344. The number of allylic oxidation sites excluding steroid dienone is 1. The molecule has 4 nitrogen and oxygen atoms in total. The van der Waals surface area contributed by atoms with Crippen LogP contribution in [0.25, 0.3) is 10.9 Å². The molecule has 0 aliphatic rings. The van der Waals surface area contributed by atoms with Gasteiger partial charge in [0.25, 0.3) is 9.05 Å². The van der Waals surface area contributed by atoms with Crippen LogP contribution in [-0.2, 0) is 15.6 Å². The van der Waals surface area contributed by atoms with Crippen molar-refractivity contribution < 1.29 is 13.2 Å². The molecular formula is C14H16ClNO3S. The molecule has 0 spiro atoms. The second-order valence-corrected chi connectivity index (χ2v) is 7.13. The van der Waals surface area contributed by atoms with Gasteiger partial charge in [-0.3, -0.25) is 0 Å². The zero-order chi connectivity index (χ0) is 14.9. The molecule has 0 radical (unpaired) electrons. The van der Waals surface area contributed by atoms with Crippen molar-refractivity contribution in [2.24, 2.45) is 0 Å². The average Bonchev–Trinajstić information content (AvgIpc) is 2.69. The number of rotatable bonds is 5. The summed E-state index contributed by atoms with van der Waals surface area (Å²) in [5, 5.41) is 0.519. The topological polar surface area (TPSA) is 48.3 Å². The maximum atomic E-state index is 11.8. The number of fused-ring (bicyclic) bond motifs is 1. The van der Waals surface area contributed by atoms with Gasteiger partial charge in [0.15, 0.2) is 0 Å². The van der Waals surface area contributed by atoms with Crippen LogP contribution in [0.4, 0.5) is 0 Å². The number of halogens is 1. The van der Waals surface area contributed by atoms with Gasteiger partial charge in [0, 0.05) is 23.4 Å². The van der Waals surface area contributed by atoms with Gasteiger partial charge in [-0.25, -0.2) is 8.42 Å². The van der Waals surface area contributed by atoms with Crippen molar-refractivity contribution >= 4 is 30.6 Å². The largest absolute Gasteiger partial charge is 0.493 e. The second-order valence-electron chi connectivity index (χ2n) is 4.60. The molecule has 0 saturated heterocycles. The summed E-state index contributed by atoms with van der Waals surface area (Å²) >= 11 is 0. The fourth-order valence-corrected chi connectivity index (χ4v) is 3.22. The van der Waals surface area contributed by atoms with Gasteiger partial charge in [0.05, 0.1) is 17.5 Å². The Hall–Kier alpha value is -1.46. The third-order valence-electron chi connectivity index (χ3n) is 2.84. The van der Waals surface area contributed by atoms with Gasteiger partial charge in [-0.1, -0.05) is 18.2 Å². The minimum Gasteiger partial charge on any atom is -0.493 e. The van der Waals surface area contributed by atoms with Crippen LogP contribution in [0.3, 0.4) is 0 Å². The molecule has 0 saturated carbocycles. The molecule has 2 aromatic rings. The number of nitrogens with zero attached hydrogens (tertiary/aromatic N) is 1. The van der Waals surface area contributed by atoms with E-state index in [1.807, 2.05) is 30.5 Å². The Morgan fingerprint density at radius 2 is 2.15 bits per heavy atom. The summed E-state index contributed by atoms with van der Waals surface area (Å²) in [6, 6.07) is 5.40. The van der Waals surface area contributed by atoms with Gasteiger partial charge in [0.1, 0.15) is 10.6 Å². The highest BCUT2D eigenvalue weighted by Gasteiger charge is 2.21. The monoisotopic (exact) mass is 313 g/mol. The van der Waals surface area contributed by atoms with Crippen molar-refractivity contribution in [1.29, 1.82) is 0 Å². The lowest BCUT2D eigenvalue weighted by Gasteiger charge is -2.07. The quantitative estimate of drug-likeness (QED) is 0.626. The molecule has 108 valence electrons. The summed E-state index contributed by atoms with van der Waals surface area (Å²) in [6.07, 6.45) is 1.53. The molecule has 0 fully saturated rings. The first-order valence-electron chi connectivity index (χ1n) is 6.18. The van der Waals surface area contributed by atoms with E-state index in [2.05, 4.69) is 6.58 Å². The third kappa shape index (κ3) is 2.83. The summed E-state index contributed by atoms with van der Waals surface area (Å²) in [5.41, 5.74) is 1.68. The fourth-order valence-electron chi connectivity index (χ4n) is 2.16. The molecule has 0 atom stereocenters. The van der Waals surface area contributed by atoms with Crippen LogP contribution in [-0.4, -0.2) is 19.6 Å². The van der Waals surface area contributed by atoms with Crippen LogP contribution in [0.1, 0.15) is 13.8 Å². The molecule has 0 aliphatic heterocycles. The summed E-state index contributed by atoms with van der Waals surface area (Å²) in [6.45, 7) is 8.56. The molecule has 0 amide bonds. The zero-order valence-electron chi connectivity index (χ0n) is 11.4. The molecule has 0 unspecified atom stereocenters. The third-order valence-corrected chi connectivity index (χ3v) is 4.17. The van der Waals surface area contributed by atoms with Gasteiger partial charge in [-0.2, -0.15) is 0 Å². The average molecular weight is 314 g/mol. The van der Waals surface area contributed by atoms with Crippen molar-refractivity contribution in [3.8, 4) is 5.75 Å². The summed E-state index contributed by atoms with van der Waals surface area (Å²) in [4.78, 5) is 0.0690. The van der Waals surface area contributed by atoms with Crippen molar-refractivity contribution in [3.05, 3.63) is 36.5 Å².